The minimum Gasteiger partial charge on any atom is -0.377 e. The Balaban J connectivity index is 1.64. The molecule has 0 unspecified atom stereocenters. The number of imidazole rings is 1. The smallest absolute Gasteiger partial charge is 0.125 e. The van der Waals surface area contributed by atoms with Crippen molar-refractivity contribution in [3.8, 4) is 11.1 Å². The summed E-state index contributed by atoms with van der Waals surface area (Å²) in [4.78, 5) is 16.2. The Morgan fingerprint density at radius 3 is 2.88 bits per heavy atom. The number of hydrogen-bond acceptors (Lipinski definition) is 4. The highest BCUT2D eigenvalue weighted by atomic mass is 15.0. The molecule has 0 atom stereocenters. The highest BCUT2D eigenvalue weighted by Crippen LogP contribution is 2.25. The van der Waals surface area contributed by atoms with Gasteiger partial charge in [-0.15, -0.1) is 0 Å². The molecule has 24 heavy (non-hydrogen) atoms. The SMILES string of the molecule is Cc1cn2cc(-c3cncc(NCc4ncc[nH]4)c3)cc2c(C)n1. The summed E-state index contributed by atoms with van der Waals surface area (Å²) in [5, 5.41) is 3.34. The minimum atomic E-state index is 0.637. The molecule has 4 heterocycles. The lowest BCUT2D eigenvalue weighted by atomic mass is 10.1. The highest BCUT2D eigenvalue weighted by Gasteiger charge is 2.07. The van der Waals surface area contributed by atoms with Crippen molar-refractivity contribution in [1.29, 1.82) is 0 Å². The van der Waals surface area contributed by atoms with Crippen LogP contribution in [0.2, 0.25) is 0 Å². The largest absolute Gasteiger partial charge is 0.377 e. The van der Waals surface area contributed by atoms with Gasteiger partial charge < -0.3 is 14.7 Å². The van der Waals surface area contributed by atoms with Crippen LogP contribution < -0.4 is 5.32 Å². The zero-order valence-corrected chi connectivity index (χ0v) is 13.6. The van der Waals surface area contributed by atoms with Crippen LogP contribution in [-0.4, -0.2) is 24.3 Å². The topological polar surface area (TPSA) is 70.9 Å². The fourth-order valence-corrected chi connectivity index (χ4v) is 2.86. The van der Waals surface area contributed by atoms with Gasteiger partial charge in [0.2, 0.25) is 0 Å². The summed E-state index contributed by atoms with van der Waals surface area (Å²) in [6.07, 6.45) is 11.4. The quantitative estimate of drug-likeness (QED) is 0.605. The van der Waals surface area contributed by atoms with Crippen LogP contribution >= 0.6 is 0 Å². The summed E-state index contributed by atoms with van der Waals surface area (Å²) >= 11 is 0. The van der Waals surface area contributed by atoms with Gasteiger partial charge in [-0.05, 0) is 26.0 Å². The van der Waals surface area contributed by atoms with E-state index < -0.39 is 0 Å². The number of hydrogen-bond donors (Lipinski definition) is 2. The first-order valence-corrected chi connectivity index (χ1v) is 7.82. The molecular formula is C18H18N6. The zero-order valence-electron chi connectivity index (χ0n) is 13.6. The van der Waals surface area contributed by atoms with Crippen LogP contribution in [-0.2, 0) is 6.54 Å². The Morgan fingerprint density at radius 2 is 2.04 bits per heavy atom. The molecule has 0 radical (unpaired) electrons. The zero-order chi connectivity index (χ0) is 16.5. The second-order valence-electron chi connectivity index (χ2n) is 5.84. The summed E-state index contributed by atoms with van der Waals surface area (Å²) in [5.74, 6) is 0.896. The lowest BCUT2D eigenvalue weighted by Crippen LogP contribution is -2.01. The normalized spacial score (nSPS) is 11.1. The van der Waals surface area contributed by atoms with Gasteiger partial charge in [-0.25, -0.2) is 4.98 Å². The first-order chi connectivity index (χ1) is 11.7. The van der Waals surface area contributed by atoms with Gasteiger partial charge in [-0.3, -0.25) is 9.97 Å². The standard InChI is InChI=1S/C18H18N6/c1-12-10-24-11-15(6-17(24)13(2)23-12)14-5-16(8-19-7-14)22-9-18-20-3-4-21-18/h3-8,10-11,22H,9H2,1-2H3,(H,20,21). The van der Waals surface area contributed by atoms with E-state index >= 15 is 0 Å². The maximum absolute atomic E-state index is 4.53. The number of nitrogens with zero attached hydrogens (tertiary/aromatic N) is 4. The summed E-state index contributed by atoms with van der Waals surface area (Å²) in [6, 6.07) is 4.25. The van der Waals surface area contributed by atoms with Crippen LogP contribution in [0.15, 0.2) is 49.3 Å². The van der Waals surface area contributed by atoms with Gasteiger partial charge in [0.25, 0.3) is 0 Å². The third kappa shape index (κ3) is 2.74. The fraction of sp³-hybridized carbons (Fsp3) is 0.167. The lowest BCUT2D eigenvalue weighted by molar-refractivity contribution is 0.998. The molecule has 120 valence electrons. The number of aryl methyl sites for hydroxylation is 2. The minimum absolute atomic E-state index is 0.637. The molecule has 6 nitrogen and oxygen atoms in total. The van der Waals surface area contributed by atoms with E-state index in [1.54, 1.807) is 6.20 Å². The molecule has 0 spiro atoms. The van der Waals surface area contributed by atoms with Crippen LogP contribution in [0.5, 0.6) is 0 Å². The molecule has 0 aromatic carbocycles. The van der Waals surface area contributed by atoms with Crippen molar-refractivity contribution in [2.75, 3.05) is 5.32 Å². The van der Waals surface area contributed by atoms with Crippen molar-refractivity contribution in [3.05, 3.63) is 66.5 Å². The van der Waals surface area contributed by atoms with Crippen molar-refractivity contribution in [1.82, 2.24) is 24.3 Å². The van der Waals surface area contributed by atoms with Crippen LogP contribution in [0.25, 0.3) is 16.6 Å². The van der Waals surface area contributed by atoms with E-state index in [2.05, 4.69) is 48.0 Å². The van der Waals surface area contributed by atoms with E-state index in [1.165, 1.54) is 0 Å². The van der Waals surface area contributed by atoms with E-state index in [-0.39, 0.29) is 0 Å². The number of fused-ring (bicyclic) bond motifs is 1. The third-order valence-corrected chi connectivity index (χ3v) is 3.98. The molecule has 0 aliphatic rings. The molecule has 0 saturated carbocycles. The number of anilines is 1. The van der Waals surface area contributed by atoms with Crippen molar-refractivity contribution in [2.45, 2.75) is 20.4 Å². The number of pyridine rings is 1. The molecule has 0 bridgehead atoms. The second-order valence-corrected chi connectivity index (χ2v) is 5.84. The second kappa shape index (κ2) is 5.81. The predicted octanol–water partition coefficient (Wildman–Crippen LogP) is 3.35. The number of aromatic amines is 1. The lowest BCUT2D eigenvalue weighted by Gasteiger charge is -2.05. The first-order valence-electron chi connectivity index (χ1n) is 7.82. The Morgan fingerprint density at radius 1 is 1.12 bits per heavy atom. The fourth-order valence-electron chi connectivity index (χ4n) is 2.86. The van der Waals surface area contributed by atoms with E-state index in [9.17, 15) is 0 Å². The molecule has 0 saturated heterocycles. The average Bonchev–Trinajstić information content (AvgIpc) is 3.22. The molecule has 0 aliphatic carbocycles. The maximum Gasteiger partial charge on any atom is 0.125 e. The number of nitrogens with one attached hydrogen (secondary N) is 2. The van der Waals surface area contributed by atoms with Crippen LogP contribution in [0, 0.1) is 13.8 Å². The van der Waals surface area contributed by atoms with E-state index in [0.717, 1.165) is 39.5 Å². The van der Waals surface area contributed by atoms with Crippen molar-refractivity contribution >= 4 is 11.2 Å². The van der Waals surface area contributed by atoms with Gasteiger partial charge in [0.1, 0.15) is 5.82 Å². The molecule has 0 aliphatic heterocycles. The van der Waals surface area contributed by atoms with Crippen molar-refractivity contribution < 1.29 is 0 Å². The number of rotatable bonds is 4. The summed E-state index contributed by atoms with van der Waals surface area (Å²) in [7, 11) is 0. The van der Waals surface area contributed by atoms with E-state index in [4.69, 9.17) is 0 Å². The van der Waals surface area contributed by atoms with Gasteiger partial charge in [-0.1, -0.05) is 0 Å². The number of aromatic nitrogens is 5. The molecule has 2 N–H and O–H groups in total. The van der Waals surface area contributed by atoms with E-state index in [0.29, 0.717) is 6.54 Å². The predicted molar refractivity (Wildman–Crippen MR) is 93.8 cm³/mol. The summed E-state index contributed by atoms with van der Waals surface area (Å²) in [6.45, 7) is 4.68. The summed E-state index contributed by atoms with van der Waals surface area (Å²) in [5.41, 5.74) is 6.31. The molecule has 6 heteroatoms. The van der Waals surface area contributed by atoms with Gasteiger partial charge in [-0.2, -0.15) is 0 Å². The number of H-pyrrole nitrogens is 1. The van der Waals surface area contributed by atoms with Gasteiger partial charge in [0.15, 0.2) is 0 Å². The molecule has 4 aromatic rings. The first kappa shape index (κ1) is 14.4. The molecule has 4 aromatic heterocycles. The van der Waals surface area contributed by atoms with Gasteiger partial charge in [0.05, 0.1) is 29.1 Å². The van der Waals surface area contributed by atoms with E-state index in [1.807, 2.05) is 38.6 Å². The Kier molecular flexibility index (Phi) is 3.49. The maximum atomic E-state index is 4.53. The Labute approximate surface area is 139 Å². The van der Waals surface area contributed by atoms with Crippen molar-refractivity contribution in [3.63, 3.8) is 0 Å². The third-order valence-electron chi connectivity index (χ3n) is 3.98. The van der Waals surface area contributed by atoms with Crippen LogP contribution in [0.4, 0.5) is 5.69 Å². The monoisotopic (exact) mass is 318 g/mol. The molecule has 4 rings (SSSR count). The molecule has 0 amide bonds. The Bertz CT molecular complexity index is 984. The summed E-state index contributed by atoms with van der Waals surface area (Å²) < 4.78 is 2.12. The molecule has 0 fully saturated rings. The van der Waals surface area contributed by atoms with Crippen LogP contribution in [0.3, 0.4) is 0 Å². The van der Waals surface area contributed by atoms with Gasteiger partial charge >= 0.3 is 0 Å². The molecular weight excluding hydrogens is 300 g/mol. The van der Waals surface area contributed by atoms with Crippen molar-refractivity contribution in [2.24, 2.45) is 0 Å². The van der Waals surface area contributed by atoms with Gasteiger partial charge in [0, 0.05) is 48.3 Å². The van der Waals surface area contributed by atoms with Crippen LogP contribution in [0.1, 0.15) is 17.2 Å². The Hall–Kier alpha value is -3.15. The highest BCUT2D eigenvalue weighted by molar-refractivity contribution is 5.73. The average molecular weight is 318 g/mol.